The Labute approximate surface area is 54.9 Å². The van der Waals surface area contributed by atoms with Crippen molar-refractivity contribution in [3.05, 3.63) is 0 Å². The normalized spacial score (nSPS) is 33.4. The van der Waals surface area contributed by atoms with Gasteiger partial charge in [0.1, 0.15) is 0 Å². The molecule has 0 aliphatic heterocycles. The van der Waals surface area contributed by atoms with E-state index in [0.29, 0.717) is 5.92 Å². The molecule has 2 nitrogen and oxygen atoms in total. The molecule has 0 aromatic heterocycles. The van der Waals surface area contributed by atoms with Crippen LogP contribution in [0.3, 0.4) is 0 Å². The van der Waals surface area contributed by atoms with Crippen LogP contribution >= 0.6 is 0 Å². The number of carbonyl (C=O) groups is 1. The van der Waals surface area contributed by atoms with E-state index in [-0.39, 0.29) is 5.92 Å². The van der Waals surface area contributed by atoms with Gasteiger partial charge in [0.05, 0.1) is 5.92 Å². The molecule has 9 heavy (non-hydrogen) atoms. The van der Waals surface area contributed by atoms with E-state index < -0.39 is 5.97 Å². The van der Waals surface area contributed by atoms with Crippen LogP contribution < -0.4 is 0 Å². The van der Waals surface area contributed by atoms with Crippen LogP contribution in [0.15, 0.2) is 0 Å². The average Bonchev–Trinajstić information content (AvgIpc) is 1.61. The van der Waals surface area contributed by atoms with Crippen molar-refractivity contribution in [2.24, 2.45) is 11.8 Å². The van der Waals surface area contributed by atoms with Gasteiger partial charge in [-0.3, -0.25) is 4.79 Å². The van der Waals surface area contributed by atoms with E-state index in [2.05, 4.69) is 6.92 Å². The van der Waals surface area contributed by atoms with E-state index in [1.165, 1.54) is 0 Å². The minimum Gasteiger partial charge on any atom is -0.481 e. The zero-order valence-electron chi connectivity index (χ0n) is 5.63. The fraction of sp³-hybridized carbons (Fsp3) is 0.857. The van der Waals surface area contributed by atoms with Crippen LogP contribution in [-0.4, -0.2) is 11.1 Å². The number of carboxylic acids is 1. The smallest absolute Gasteiger partial charge is 0.306 e. The van der Waals surface area contributed by atoms with Gasteiger partial charge in [0.2, 0.25) is 0 Å². The van der Waals surface area contributed by atoms with Gasteiger partial charge >= 0.3 is 5.97 Å². The quantitative estimate of drug-likeness (QED) is 0.612. The second-order valence-corrected chi connectivity index (χ2v) is 2.78. The summed E-state index contributed by atoms with van der Waals surface area (Å²) in [4.78, 5) is 10.2. The standard InChI is InChI=1S/C7H12O2/c1-2-5-3-6(4-5)7(8)9/h5-6H,2-4H2,1H3,(H,8,9). The lowest BCUT2D eigenvalue weighted by atomic mass is 9.74. The number of carboxylic acid groups (broad SMARTS) is 1. The fourth-order valence-corrected chi connectivity index (χ4v) is 1.27. The second kappa shape index (κ2) is 2.38. The molecule has 1 rings (SSSR count). The van der Waals surface area contributed by atoms with Gasteiger partial charge in [-0.15, -0.1) is 0 Å². The molecule has 2 heteroatoms. The molecule has 0 spiro atoms. The van der Waals surface area contributed by atoms with E-state index in [4.69, 9.17) is 5.11 Å². The molecule has 0 saturated heterocycles. The van der Waals surface area contributed by atoms with Crippen LogP contribution in [0.1, 0.15) is 26.2 Å². The summed E-state index contributed by atoms with van der Waals surface area (Å²) in [5.41, 5.74) is 0. The molecule has 0 atom stereocenters. The van der Waals surface area contributed by atoms with Gasteiger partial charge in [0.25, 0.3) is 0 Å². The first-order valence-corrected chi connectivity index (χ1v) is 3.46. The van der Waals surface area contributed by atoms with E-state index >= 15 is 0 Å². The molecule has 0 unspecified atom stereocenters. The summed E-state index contributed by atoms with van der Waals surface area (Å²) in [7, 11) is 0. The first-order valence-electron chi connectivity index (χ1n) is 3.46. The summed E-state index contributed by atoms with van der Waals surface area (Å²) >= 11 is 0. The number of aliphatic carboxylic acids is 1. The maximum absolute atomic E-state index is 10.2. The highest BCUT2D eigenvalue weighted by atomic mass is 16.4. The lowest BCUT2D eigenvalue weighted by Crippen LogP contribution is -2.29. The van der Waals surface area contributed by atoms with Crippen molar-refractivity contribution in [1.29, 1.82) is 0 Å². The predicted octanol–water partition coefficient (Wildman–Crippen LogP) is 1.51. The van der Waals surface area contributed by atoms with Crippen LogP contribution in [0, 0.1) is 11.8 Å². The van der Waals surface area contributed by atoms with Crippen LogP contribution in [0.2, 0.25) is 0 Å². The van der Waals surface area contributed by atoms with E-state index in [1.54, 1.807) is 0 Å². The summed E-state index contributed by atoms with van der Waals surface area (Å²) in [5.74, 6) is 0.0701. The van der Waals surface area contributed by atoms with E-state index in [9.17, 15) is 4.79 Å². The zero-order chi connectivity index (χ0) is 6.85. The third-order valence-electron chi connectivity index (χ3n) is 2.16. The highest BCUT2D eigenvalue weighted by Crippen LogP contribution is 2.35. The zero-order valence-corrected chi connectivity index (χ0v) is 5.63. The van der Waals surface area contributed by atoms with Gasteiger partial charge in [-0.25, -0.2) is 0 Å². The predicted molar refractivity (Wildman–Crippen MR) is 34.1 cm³/mol. The largest absolute Gasteiger partial charge is 0.481 e. The van der Waals surface area contributed by atoms with Crippen LogP contribution in [0.25, 0.3) is 0 Å². The maximum Gasteiger partial charge on any atom is 0.306 e. The Morgan fingerprint density at radius 1 is 1.67 bits per heavy atom. The molecule has 0 aromatic carbocycles. The van der Waals surface area contributed by atoms with Crippen molar-refractivity contribution in [2.45, 2.75) is 26.2 Å². The van der Waals surface area contributed by atoms with Gasteiger partial charge in [-0.1, -0.05) is 13.3 Å². The molecule has 1 N–H and O–H groups in total. The van der Waals surface area contributed by atoms with Crippen LogP contribution in [0.5, 0.6) is 0 Å². The molecule has 0 radical (unpaired) electrons. The number of hydrogen-bond acceptors (Lipinski definition) is 1. The highest BCUT2D eigenvalue weighted by Gasteiger charge is 2.32. The van der Waals surface area contributed by atoms with Crippen molar-refractivity contribution in [3.8, 4) is 0 Å². The van der Waals surface area contributed by atoms with Gasteiger partial charge in [0.15, 0.2) is 0 Å². The average molecular weight is 128 g/mol. The van der Waals surface area contributed by atoms with Gasteiger partial charge in [0, 0.05) is 0 Å². The molecule has 1 aliphatic rings. The van der Waals surface area contributed by atoms with Crippen molar-refractivity contribution >= 4 is 5.97 Å². The van der Waals surface area contributed by atoms with Crippen molar-refractivity contribution in [2.75, 3.05) is 0 Å². The SMILES string of the molecule is CCC1CC(C(=O)O)C1. The fourth-order valence-electron chi connectivity index (χ4n) is 1.27. The number of rotatable bonds is 2. The summed E-state index contributed by atoms with van der Waals surface area (Å²) in [6, 6.07) is 0. The van der Waals surface area contributed by atoms with Gasteiger partial charge in [-0.05, 0) is 18.8 Å². The Morgan fingerprint density at radius 3 is 2.56 bits per heavy atom. The Morgan fingerprint density at radius 2 is 2.22 bits per heavy atom. The minimum absolute atomic E-state index is 0.0186. The summed E-state index contributed by atoms with van der Waals surface area (Å²) in [6.45, 7) is 2.11. The topological polar surface area (TPSA) is 37.3 Å². The van der Waals surface area contributed by atoms with E-state index in [0.717, 1.165) is 19.3 Å². The Bertz CT molecular complexity index is 114. The summed E-state index contributed by atoms with van der Waals surface area (Å²) in [6.07, 6.45) is 2.96. The summed E-state index contributed by atoms with van der Waals surface area (Å²) in [5, 5.41) is 8.45. The molecule has 1 aliphatic carbocycles. The Balaban J connectivity index is 2.19. The Kier molecular flexibility index (Phi) is 1.74. The molecular formula is C7H12O2. The molecule has 52 valence electrons. The summed E-state index contributed by atoms with van der Waals surface area (Å²) < 4.78 is 0. The van der Waals surface area contributed by atoms with Crippen LogP contribution in [0.4, 0.5) is 0 Å². The monoisotopic (exact) mass is 128 g/mol. The van der Waals surface area contributed by atoms with Crippen molar-refractivity contribution < 1.29 is 9.90 Å². The lowest BCUT2D eigenvalue weighted by molar-refractivity contribution is -0.146. The molecule has 1 saturated carbocycles. The third-order valence-corrected chi connectivity index (χ3v) is 2.16. The van der Waals surface area contributed by atoms with E-state index in [1.807, 2.05) is 0 Å². The molecule has 0 bridgehead atoms. The van der Waals surface area contributed by atoms with Crippen molar-refractivity contribution in [3.63, 3.8) is 0 Å². The van der Waals surface area contributed by atoms with Crippen molar-refractivity contribution in [1.82, 2.24) is 0 Å². The third kappa shape index (κ3) is 1.23. The van der Waals surface area contributed by atoms with Crippen LogP contribution in [-0.2, 0) is 4.79 Å². The molecule has 1 fully saturated rings. The minimum atomic E-state index is -0.611. The second-order valence-electron chi connectivity index (χ2n) is 2.78. The Hall–Kier alpha value is -0.530. The maximum atomic E-state index is 10.2. The number of hydrogen-bond donors (Lipinski definition) is 1. The molecule has 0 aromatic rings. The highest BCUT2D eigenvalue weighted by molar-refractivity contribution is 5.70. The first kappa shape index (κ1) is 6.59. The molecule has 0 amide bonds. The molecule has 0 heterocycles. The van der Waals surface area contributed by atoms with Gasteiger partial charge < -0.3 is 5.11 Å². The molecular weight excluding hydrogens is 116 g/mol. The lowest BCUT2D eigenvalue weighted by Gasteiger charge is -2.31. The van der Waals surface area contributed by atoms with Gasteiger partial charge in [-0.2, -0.15) is 0 Å². The first-order chi connectivity index (χ1) is 4.24.